The van der Waals surface area contributed by atoms with Gasteiger partial charge in [-0.25, -0.2) is 0 Å². The molecule has 3 nitrogen and oxygen atoms in total. The first-order valence-electron chi connectivity index (χ1n) is 8.43. The first kappa shape index (κ1) is 22.1. The van der Waals surface area contributed by atoms with Gasteiger partial charge in [0.15, 0.2) is 0 Å². The summed E-state index contributed by atoms with van der Waals surface area (Å²) in [4.78, 5) is 0. The highest BCUT2D eigenvalue weighted by atomic mass is 28.1. The van der Waals surface area contributed by atoms with Crippen LogP contribution in [0.15, 0.2) is 0 Å². The molecule has 0 N–H and O–H groups in total. The van der Waals surface area contributed by atoms with E-state index >= 15 is 0 Å². The molecule has 0 bridgehead atoms. The lowest BCUT2D eigenvalue weighted by atomic mass is 10.1. The molecule has 0 aliphatic rings. The van der Waals surface area contributed by atoms with E-state index in [2.05, 4.69) is 10.2 Å². The highest BCUT2D eigenvalue weighted by molar-refractivity contribution is 6.08. The molecule has 0 saturated carbocycles. The minimum Gasteiger partial charge on any atom is -0.322 e. The molecule has 22 heavy (non-hydrogen) atoms. The lowest BCUT2D eigenvalue weighted by Gasteiger charge is -2.45. The van der Waals surface area contributed by atoms with E-state index in [9.17, 15) is 0 Å². The zero-order chi connectivity index (χ0) is 17.7. The van der Waals surface area contributed by atoms with Crippen LogP contribution in [0.25, 0.3) is 0 Å². The van der Waals surface area contributed by atoms with Crippen molar-refractivity contribution in [3.8, 4) is 0 Å². The van der Waals surface area contributed by atoms with E-state index in [1.807, 2.05) is 62.3 Å². The fourth-order valence-corrected chi connectivity index (χ4v) is 2.51. The third-order valence-electron chi connectivity index (χ3n) is 2.54. The Morgan fingerprint density at radius 2 is 0.955 bits per heavy atom. The molecule has 0 atom stereocenters. The van der Waals surface area contributed by atoms with Crippen molar-refractivity contribution in [3.63, 3.8) is 0 Å². The molecule has 0 fully saturated rings. The molecule has 131 valence electrons. The molecule has 4 heteroatoms. The van der Waals surface area contributed by atoms with Crippen molar-refractivity contribution >= 4 is 10.2 Å². The van der Waals surface area contributed by atoms with Gasteiger partial charge in [0.25, 0.3) is 5.97 Å². The smallest absolute Gasteiger partial charge is 0.284 e. The van der Waals surface area contributed by atoms with Gasteiger partial charge in [-0.05, 0) is 68.7 Å². The second-order valence-electron chi connectivity index (χ2n) is 8.89. The Hall–Kier alpha value is 0.0969. The summed E-state index contributed by atoms with van der Waals surface area (Å²) in [6, 6.07) is 1.02. The molecule has 0 rings (SSSR count). The number of hydrogen-bond donors (Lipinski definition) is 0. The van der Waals surface area contributed by atoms with Crippen LogP contribution in [0.3, 0.4) is 0 Å². The van der Waals surface area contributed by atoms with Crippen molar-refractivity contribution in [2.24, 2.45) is 0 Å². The van der Waals surface area contributed by atoms with Gasteiger partial charge in [-0.3, -0.25) is 0 Å². The lowest BCUT2D eigenvalue weighted by molar-refractivity contribution is -0.449. The first-order chi connectivity index (χ1) is 9.68. The van der Waals surface area contributed by atoms with Crippen LogP contribution < -0.4 is 0 Å². The zero-order valence-electron chi connectivity index (χ0n) is 16.3. The molecule has 0 heterocycles. The maximum atomic E-state index is 6.30. The number of unbranched alkanes of at least 4 members (excludes halogenated alkanes) is 2. The van der Waals surface area contributed by atoms with Gasteiger partial charge in [0, 0.05) is 16.7 Å². The predicted octanol–water partition coefficient (Wildman–Crippen LogP) is 5.23. The van der Waals surface area contributed by atoms with E-state index < -0.39 is 5.97 Å². The van der Waals surface area contributed by atoms with Crippen molar-refractivity contribution in [1.29, 1.82) is 0 Å². The topological polar surface area (TPSA) is 27.7 Å². The maximum Gasteiger partial charge on any atom is 0.284 e. The highest BCUT2D eigenvalue weighted by Crippen LogP contribution is 2.36. The largest absolute Gasteiger partial charge is 0.322 e. The third-order valence-corrected chi connectivity index (χ3v) is 2.90. The van der Waals surface area contributed by atoms with E-state index in [0.29, 0.717) is 0 Å². The minimum atomic E-state index is -1.01. The SMILES string of the molecule is CC(C)(C)OC(CCCCC[Si])(OC(C)(C)C)OC(C)(C)C. The standard InChI is InChI=1S/C18H37O3Si/c1-15(2,3)19-18(20-16(4,5)6,21-17(7,8)9)13-11-10-12-14-22/h10-14H2,1-9H3. The molecule has 3 radical (unpaired) electrons. The fraction of sp³-hybridized carbons (Fsp3) is 1.00. The molecule has 0 unspecified atom stereocenters. The van der Waals surface area contributed by atoms with Crippen LogP contribution in [0.5, 0.6) is 0 Å². The maximum absolute atomic E-state index is 6.30. The molecule has 0 aliphatic heterocycles. The van der Waals surface area contributed by atoms with Crippen LogP contribution >= 0.6 is 0 Å². The summed E-state index contributed by atoms with van der Waals surface area (Å²) in [5.74, 6) is -1.01. The molecule has 0 spiro atoms. The van der Waals surface area contributed by atoms with Crippen LogP contribution in [0.4, 0.5) is 0 Å². The summed E-state index contributed by atoms with van der Waals surface area (Å²) < 4.78 is 18.9. The first-order valence-corrected chi connectivity index (χ1v) is 9.14. The van der Waals surface area contributed by atoms with E-state index in [1.54, 1.807) is 0 Å². The molecule has 0 saturated heterocycles. The Morgan fingerprint density at radius 3 is 1.23 bits per heavy atom. The number of rotatable bonds is 8. The van der Waals surface area contributed by atoms with Crippen molar-refractivity contribution in [3.05, 3.63) is 0 Å². The normalized spacial score (nSPS) is 14.5. The summed E-state index contributed by atoms with van der Waals surface area (Å²) in [7, 11) is 3.53. The Morgan fingerprint density at radius 1 is 0.591 bits per heavy atom. The molecular formula is C18H37O3Si. The average molecular weight is 330 g/mol. The molecule has 0 aromatic rings. The van der Waals surface area contributed by atoms with Gasteiger partial charge in [-0.1, -0.05) is 18.9 Å². The van der Waals surface area contributed by atoms with Crippen LogP contribution in [-0.4, -0.2) is 33.0 Å². The zero-order valence-corrected chi connectivity index (χ0v) is 17.3. The Balaban J connectivity index is 5.30. The van der Waals surface area contributed by atoms with E-state index in [-0.39, 0.29) is 16.8 Å². The minimum absolute atomic E-state index is 0.342. The van der Waals surface area contributed by atoms with Crippen LogP contribution in [-0.2, 0) is 14.2 Å². The van der Waals surface area contributed by atoms with Gasteiger partial charge in [0.1, 0.15) is 0 Å². The molecule has 0 aliphatic carbocycles. The lowest BCUT2D eigenvalue weighted by Crippen LogP contribution is -2.52. The van der Waals surface area contributed by atoms with Gasteiger partial charge in [0.05, 0.1) is 16.8 Å². The van der Waals surface area contributed by atoms with E-state index in [4.69, 9.17) is 14.2 Å². The van der Waals surface area contributed by atoms with Gasteiger partial charge in [-0.2, -0.15) is 0 Å². The van der Waals surface area contributed by atoms with Crippen molar-refractivity contribution in [2.75, 3.05) is 0 Å². The van der Waals surface area contributed by atoms with Gasteiger partial charge < -0.3 is 14.2 Å². The predicted molar refractivity (Wildman–Crippen MR) is 94.3 cm³/mol. The van der Waals surface area contributed by atoms with Gasteiger partial charge >= 0.3 is 0 Å². The van der Waals surface area contributed by atoms with Gasteiger partial charge in [-0.15, -0.1) is 0 Å². The van der Waals surface area contributed by atoms with Crippen molar-refractivity contribution in [1.82, 2.24) is 0 Å². The van der Waals surface area contributed by atoms with Crippen molar-refractivity contribution in [2.45, 2.75) is 117 Å². The highest BCUT2D eigenvalue weighted by Gasteiger charge is 2.43. The van der Waals surface area contributed by atoms with Crippen LogP contribution in [0.1, 0.15) is 88.0 Å². The number of hydrogen-bond acceptors (Lipinski definition) is 3. The monoisotopic (exact) mass is 329 g/mol. The van der Waals surface area contributed by atoms with E-state index in [0.717, 1.165) is 31.7 Å². The summed E-state index contributed by atoms with van der Waals surface area (Å²) in [5, 5.41) is 0. The second-order valence-corrected chi connectivity index (χ2v) is 9.39. The van der Waals surface area contributed by atoms with Crippen LogP contribution in [0.2, 0.25) is 6.04 Å². The number of ether oxygens (including phenoxy) is 3. The fourth-order valence-electron chi connectivity index (χ4n) is 2.26. The Kier molecular flexibility index (Phi) is 8.31. The summed E-state index contributed by atoms with van der Waals surface area (Å²) in [6.45, 7) is 18.4. The van der Waals surface area contributed by atoms with E-state index in [1.165, 1.54) is 0 Å². The third kappa shape index (κ3) is 11.6. The Bertz CT molecular complexity index is 267. The van der Waals surface area contributed by atoms with Crippen LogP contribution in [0, 0.1) is 0 Å². The second kappa shape index (κ2) is 8.27. The molecule has 0 aromatic heterocycles. The quantitative estimate of drug-likeness (QED) is 0.346. The summed E-state index contributed by atoms with van der Waals surface area (Å²) >= 11 is 0. The average Bonchev–Trinajstić information content (AvgIpc) is 2.16. The summed E-state index contributed by atoms with van der Waals surface area (Å²) in [5.41, 5.74) is -1.03. The molecular weight excluding hydrogens is 292 g/mol. The van der Waals surface area contributed by atoms with Gasteiger partial charge in [0.2, 0.25) is 0 Å². The molecule has 0 aromatic carbocycles. The van der Waals surface area contributed by atoms with Crippen molar-refractivity contribution < 1.29 is 14.2 Å². The summed E-state index contributed by atoms with van der Waals surface area (Å²) in [6.07, 6.45) is 4.00. The Labute approximate surface area is 141 Å². The molecule has 0 amide bonds.